The highest BCUT2D eigenvalue weighted by molar-refractivity contribution is 5.92. The van der Waals surface area contributed by atoms with E-state index in [2.05, 4.69) is 20.6 Å². The molecule has 1 aromatic carbocycles. The molecule has 0 bridgehead atoms. The van der Waals surface area contributed by atoms with E-state index in [0.717, 1.165) is 11.1 Å². The average molecular weight is 314 g/mol. The lowest BCUT2D eigenvalue weighted by atomic mass is 9.98. The highest BCUT2D eigenvalue weighted by atomic mass is 16.4. The van der Waals surface area contributed by atoms with Gasteiger partial charge in [-0.2, -0.15) is 0 Å². The molecule has 120 valence electrons. The third-order valence-corrected chi connectivity index (χ3v) is 3.37. The molecule has 7 heteroatoms. The van der Waals surface area contributed by atoms with Gasteiger partial charge in [-0.15, -0.1) is 0 Å². The van der Waals surface area contributed by atoms with Gasteiger partial charge in [0.2, 0.25) is 0 Å². The summed E-state index contributed by atoms with van der Waals surface area (Å²) in [6, 6.07) is 6.71. The fraction of sp³-hybridized carbons (Fsp3) is 0.250. The van der Waals surface area contributed by atoms with E-state index in [4.69, 9.17) is 5.11 Å². The molecule has 23 heavy (non-hydrogen) atoms. The van der Waals surface area contributed by atoms with Gasteiger partial charge in [0.1, 0.15) is 11.5 Å². The summed E-state index contributed by atoms with van der Waals surface area (Å²) in [7, 11) is 1.67. The molecule has 1 unspecified atom stereocenters. The monoisotopic (exact) mass is 314 g/mol. The average Bonchev–Trinajstić information content (AvgIpc) is 2.54. The first-order valence-electron chi connectivity index (χ1n) is 7.09. The molecule has 0 radical (unpaired) electrons. The minimum atomic E-state index is -0.992. The topological polar surface area (TPSA) is 104 Å². The number of carbonyl (C=O) groups is 2. The minimum Gasteiger partial charge on any atom is -0.481 e. The number of rotatable bonds is 6. The van der Waals surface area contributed by atoms with E-state index in [9.17, 15) is 9.59 Å². The van der Waals surface area contributed by atoms with E-state index < -0.39 is 17.9 Å². The zero-order valence-corrected chi connectivity index (χ0v) is 12.9. The maximum Gasteiger partial charge on any atom is 0.305 e. The lowest BCUT2D eigenvalue weighted by Gasteiger charge is -2.19. The molecule has 1 heterocycles. The number of carbonyl (C=O) groups excluding carboxylic acids is 1. The highest BCUT2D eigenvalue weighted by Gasteiger charge is 2.21. The van der Waals surface area contributed by atoms with Crippen molar-refractivity contribution in [3.05, 3.63) is 53.5 Å². The van der Waals surface area contributed by atoms with Gasteiger partial charge in [0.15, 0.2) is 0 Å². The van der Waals surface area contributed by atoms with E-state index in [-0.39, 0.29) is 12.1 Å². The van der Waals surface area contributed by atoms with Crippen LogP contribution in [0.4, 0.5) is 5.82 Å². The molecule has 7 nitrogen and oxygen atoms in total. The van der Waals surface area contributed by atoms with Gasteiger partial charge in [-0.05, 0) is 18.1 Å². The smallest absolute Gasteiger partial charge is 0.305 e. The Morgan fingerprint density at radius 2 is 2.00 bits per heavy atom. The first kappa shape index (κ1) is 16.4. The molecule has 2 rings (SSSR count). The van der Waals surface area contributed by atoms with E-state index in [0.29, 0.717) is 5.82 Å². The fourth-order valence-corrected chi connectivity index (χ4v) is 2.22. The molecule has 0 aliphatic rings. The highest BCUT2D eigenvalue weighted by Crippen LogP contribution is 2.21. The molecule has 1 amide bonds. The van der Waals surface area contributed by atoms with Crippen molar-refractivity contribution in [2.24, 2.45) is 0 Å². The summed E-state index contributed by atoms with van der Waals surface area (Å²) >= 11 is 0. The van der Waals surface area contributed by atoms with Crippen molar-refractivity contribution in [2.75, 3.05) is 12.4 Å². The molecule has 2 aromatic rings. The number of aryl methyl sites for hydroxylation is 1. The Balaban J connectivity index is 2.25. The molecule has 0 saturated carbocycles. The Hall–Kier alpha value is -2.96. The molecule has 0 aliphatic carbocycles. The van der Waals surface area contributed by atoms with Crippen LogP contribution in [-0.4, -0.2) is 34.0 Å². The lowest BCUT2D eigenvalue weighted by Crippen LogP contribution is -2.31. The van der Waals surface area contributed by atoms with Crippen LogP contribution in [0.15, 0.2) is 36.7 Å². The first-order chi connectivity index (χ1) is 11.0. The first-order valence-corrected chi connectivity index (χ1v) is 7.09. The van der Waals surface area contributed by atoms with Gasteiger partial charge in [-0.3, -0.25) is 14.6 Å². The van der Waals surface area contributed by atoms with Crippen LogP contribution in [-0.2, 0) is 4.79 Å². The molecule has 3 N–H and O–H groups in total. The van der Waals surface area contributed by atoms with Crippen molar-refractivity contribution < 1.29 is 14.7 Å². The van der Waals surface area contributed by atoms with Crippen LogP contribution in [0.2, 0.25) is 0 Å². The second kappa shape index (κ2) is 7.35. The van der Waals surface area contributed by atoms with Gasteiger partial charge in [-0.25, -0.2) is 4.98 Å². The number of hydrogen-bond donors (Lipinski definition) is 3. The van der Waals surface area contributed by atoms with Gasteiger partial charge in [0.25, 0.3) is 5.91 Å². The molecule has 0 aliphatic heterocycles. The van der Waals surface area contributed by atoms with E-state index in [1.807, 2.05) is 25.1 Å². The standard InChI is InChI=1S/C16H18N4O3/c1-10-5-3-4-6-11(10)12(7-15(21)22)20-16(23)13-8-18-9-14(17-2)19-13/h3-6,8-9,12H,7H2,1-2H3,(H,17,19)(H,20,23)(H,21,22). The molecular formula is C16H18N4O3. The van der Waals surface area contributed by atoms with Crippen LogP contribution in [0.1, 0.15) is 34.1 Å². The van der Waals surface area contributed by atoms with Crippen molar-refractivity contribution in [3.63, 3.8) is 0 Å². The second-order valence-corrected chi connectivity index (χ2v) is 5.02. The van der Waals surface area contributed by atoms with Crippen molar-refractivity contribution in [1.82, 2.24) is 15.3 Å². The Morgan fingerprint density at radius 1 is 1.26 bits per heavy atom. The normalized spacial score (nSPS) is 11.6. The number of carboxylic acid groups (broad SMARTS) is 1. The van der Waals surface area contributed by atoms with Gasteiger partial charge in [-0.1, -0.05) is 24.3 Å². The summed E-state index contributed by atoms with van der Waals surface area (Å²) in [6.45, 7) is 1.87. The summed E-state index contributed by atoms with van der Waals surface area (Å²) in [5.41, 5.74) is 1.80. The molecule has 0 spiro atoms. The largest absolute Gasteiger partial charge is 0.481 e. The third kappa shape index (κ3) is 4.26. The van der Waals surface area contributed by atoms with E-state index in [1.54, 1.807) is 13.1 Å². The van der Waals surface area contributed by atoms with Crippen LogP contribution in [0, 0.1) is 6.92 Å². The number of hydrogen-bond acceptors (Lipinski definition) is 5. The minimum absolute atomic E-state index is 0.126. The lowest BCUT2D eigenvalue weighted by molar-refractivity contribution is -0.137. The molecular weight excluding hydrogens is 296 g/mol. The number of anilines is 1. The van der Waals surface area contributed by atoms with Crippen molar-refractivity contribution in [3.8, 4) is 0 Å². The second-order valence-electron chi connectivity index (χ2n) is 5.02. The number of aliphatic carboxylic acids is 1. The molecule has 0 fully saturated rings. The zero-order chi connectivity index (χ0) is 16.8. The number of nitrogens with one attached hydrogen (secondary N) is 2. The summed E-state index contributed by atoms with van der Waals surface area (Å²) in [5, 5.41) is 14.6. The van der Waals surface area contributed by atoms with Crippen molar-refractivity contribution >= 4 is 17.7 Å². The maximum absolute atomic E-state index is 12.4. The SMILES string of the molecule is CNc1cncc(C(=O)NC(CC(=O)O)c2ccccc2C)n1. The quantitative estimate of drug-likeness (QED) is 0.750. The fourth-order valence-electron chi connectivity index (χ4n) is 2.22. The summed E-state index contributed by atoms with van der Waals surface area (Å²) in [5.74, 6) is -0.999. The Morgan fingerprint density at radius 3 is 2.65 bits per heavy atom. The molecule has 0 saturated heterocycles. The van der Waals surface area contributed by atoms with E-state index in [1.165, 1.54) is 12.4 Å². The van der Waals surface area contributed by atoms with Crippen LogP contribution in [0.25, 0.3) is 0 Å². The van der Waals surface area contributed by atoms with Gasteiger partial charge in [0.05, 0.1) is 24.9 Å². The van der Waals surface area contributed by atoms with Gasteiger partial charge in [0, 0.05) is 7.05 Å². The number of nitrogens with zero attached hydrogens (tertiary/aromatic N) is 2. The maximum atomic E-state index is 12.4. The van der Waals surface area contributed by atoms with Crippen LogP contribution >= 0.6 is 0 Å². The van der Waals surface area contributed by atoms with Crippen LogP contribution in [0.5, 0.6) is 0 Å². The van der Waals surface area contributed by atoms with Crippen molar-refractivity contribution in [1.29, 1.82) is 0 Å². The Kier molecular flexibility index (Phi) is 5.24. The number of aromatic nitrogens is 2. The Bertz CT molecular complexity index is 718. The van der Waals surface area contributed by atoms with E-state index >= 15 is 0 Å². The third-order valence-electron chi connectivity index (χ3n) is 3.37. The van der Waals surface area contributed by atoms with Gasteiger partial charge < -0.3 is 15.7 Å². The van der Waals surface area contributed by atoms with Crippen LogP contribution in [0.3, 0.4) is 0 Å². The molecule has 1 aromatic heterocycles. The predicted octanol–water partition coefficient (Wildman–Crippen LogP) is 1.77. The predicted molar refractivity (Wildman–Crippen MR) is 85.2 cm³/mol. The zero-order valence-electron chi connectivity index (χ0n) is 12.9. The Labute approximate surface area is 133 Å². The number of benzene rings is 1. The number of carboxylic acids is 1. The van der Waals surface area contributed by atoms with Crippen LogP contribution < -0.4 is 10.6 Å². The molecule has 1 atom stereocenters. The van der Waals surface area contributed by atoms with Gasteiger partial charge >= 0.3 is 5.97 Å². The summed E-state index contributed by atoms with van der Waals surface area (Å²) < 4.78 is 0. The summed E-state index contributed by atoms with van der Waals surface area (Å²) in [4.78, 5) is 31.5. The summed E-state index contributed by atoms with van der Waals surface area (Å²) in [6.07, 6.45) is 2.62. The number of amides is 1. The van der Waals surface area contributed by atoms with Crippen molar-refractivity contribution in [2.45, 2.75) is 19.4 Å².